The van der Waals surface area contributed by atoms with E-state index in [1.807, 2.05) is 27.1 Å². The van der Waals surface area contributed by atoms with E-state index in [2.05, 4.69) is 16.0 Å². The number of morpholine rings is 1. The monoisotopic (exact) mass is 354 g/mol. The van der Waals surface area contributed by atoms with Crippen molar-refractivity contribution in [1.82, 2.24) is 13.6 Å². The van der Waals surface area contributed by atoms with Gasteiger partial charge in [-0.05, 0) is 25.5 Å². The number of aromatic nitrogens is 1. The van der Waals surface area contributed by atoms with E-state index in [1.165, 1.54) is 4.31 Å². The highest BCUT2D eigenvalue weighted by atomic mass is 32.2. The summed E-state index contributed by atoms with van der Waals surface area (Å²) in [6, 6.07) is 4.11. The third-order valence-corrected chi connectivity index (χ3v) is 6.67. The zero-order valence-electron chi connectivity index (χ0n) is 14.6. The molecular weight excluding hydrogens is 328 g/mol. The van der Waals surface area contributed by atoms with Crippen LogP contribution in [0.15, 0.2) is 12.1 Å². The van der Waals surface area contributed by atoms with Gasteiger partial charge in [0, 0.05) is 63.3 Å². The second-order valence-corrected chi connectivity index (χ2v) is 8.58. The first-order chi connectivity index (χ1) is 11.4. The smallest absolute Gasteiger partial charge is 0.282 e. The SMILES string of the molecule is Cc1cc(N(C)C)cc([C@@H]2CCN(S(=O)(=O)N3CCOCC3)C2)n1. The first-order valence-corrected chi connectivity index (χ1v) is 9.76. The Morgan fingerprint density at radius 1 is 1.17 bits per heavy atom. The molecule has 0 aliphatic carbocycles. The summed E-state index contributed by atoms with van der Waals surface area (Å²) >= 11 is 0. The lowest BCUT2D eigenvalue weighted by atomic mass is 10.0. The van der Waals surface area contributed by atoms with Crippen molar-refractivity contribution >= 4 is 15.9 Å². The van der Waals surface area contributed by atoms with Crippen LogP contribution in [-0.2, 0) is 14.9 Å². The largest absolute Gasteiger partial charge is 0.379 e. The Hall–Kier alpha value is -1.22. The van der Waals surface area contributed by atoms with E-state index in [0.717, 1.165) is 23.5 Å². The van der Waals surface area contributed by atoms with Crippen molar-refractivity contribution in [2.75, 3.05) is 58.4 Å². The van der Waals surface area contributed by atoms with Crippen molar-refractivity contribution in [1.29, 1.82) is 0 Å². The summed E-state index contributed by atoms with van der Waals surface area (Å²) in [7, 11) is 0.614. The molecule has 1 aromatic heterocycles. The minimum atomic E-state index is -3.39. The summed E-state index contributed by atoms with van der Waals surface area (Å²) in [5.41, 5.74) is 3.05. The lowest BCUT2D eigenvalue weighted by Crippen LogP contribution is -2.47. The fourth-order valence-electron chi connectivity index (χ4n) is 3.26. The number of nitrogens with zero attached hydrogens (tertiary/aromatic N) is 4. The maximum absolute atomic E-state index is 12.8. The molecule has 0 N–H and O–H groups in total. The summed E-state index contributed by atoms with van der Waals surface area (Å²) in [5, 5.41) is 0. The molecule has 1 atom stereocenters. The van der Waals surface area contributed by atoms with Crippen LogP contribution < -0.4 is 4.90 Å². The van der Waals surface area contributed by atoms with Crippen LogP contribution in [0.3, 0.4) is 0 Å². The van der Waals surface area contributed by atoms with E-state index in [4.69, 9.17) is 4.74 Å². The third kappa shape index (κ3) is 3.56. The molecule has 0 radical (unpaired) electrons. The van der Waals surface area contributed by atoms with Crippen LogP contribution in [0, 0.1) is 6.92 Å². The lowest BCUT2D eigenvalue weighted by molar-refractivity contribution is 0.0705. The topological polar surface area (TPSA) is 66.0 Å². The number of hydrogen-bond donors (Lipinski definition) is 0. The molecule has 2 fully saturated rings. The number of rotatable bonds is 4. The van der Waals surface area contributed by atoms with Crippen molar-refractivity contribution in [3.63, 3.8) is 0 Å². The average Bonchev–Trinajstić information content (AvgIpc) is 3.06. The Labute approximate surface area is 144 Å². The standard InChI is InChI=1S/C16H26N4O3S/c1-13-10-15(18(2)3)11-16(17-13)14-4-5-20(12-14)24(21,22)19-6-8-23-9-7-19/h10-11,14H,4-9,12H2,1-3H3/t14-/m1/s1. The highest BCUT2D eigenvalue weighted by Crippen LogP contribution is 2.31. The number of ether oxygens (including phenoxy) is 1. The maximum Gasteiger partial charge on any atom is 0.282 e. The van der Waals surface area contributed by atoms with E-state index in [9.17, 15) is 8.42 Å². The van der Waals surface area contributed by atoms with E-state index >= 15 is 0 Å². The Bertz CT molecular complexity index is 687. The van der Waals surface area contributed by atoms with Gasteiger partial charge < -0.3 is 9.64 Å². The molecule has 134 valence electrons. The molecule has 0 saturated carbocycles. The van der Waals surface area contributed by atoms with Crippen LogP contribution >= 0.6 is 0 Å². The van der Waals surface area contributed by atoms with Crippen LogP contribution in [0.4, 0.5) is 5.69 Å². The Morgan fingerprint density at radius 2 is 1.88 bits per heavy atom. The number of anilines is 1. The molecule has 2 aliphatic rings. The van der Waals surface area contributed by atoms with Gasteiger partial charge in [0.1, 0.15) is 0 Å². The van der Waals surface area contributed by atoms with Gasteiger partial charge in [-0.25, -0.2) is 0 Å². The fourth-order valence-corrected chi connectivity index (χ4v) is 4.90. The van der Waals surface area contributed by atoms with Gasteiger partial charge in [-0.1, -0.05) is 0 Å². The molecular formula is C16H26N4O3S. The molecule has 7 nitrogen and oxygen atoms in total. The van der Waals surface area contributed by atoms with Crippen molar-refractivity contribution in [3.05, 3.63) is 23.5 Å². The minimum absolute atomic E-state index is 0.152. The molecule has 3 heterocycles. The van der Waals surface area contributed by atoms with Crippen LogP contribution in [-0.4, -0.2) is 75.5 Å². The molecule has 0 bridgehead atoms. The third-order valence-electron chi connectivity index (χ3n) is 4.67. The first-order valence-electron chi connectivity index (χ1n) is 8.37. The predicted octanol–water partition coefficient (Wildman–Crippen LogP) is 0.822. The molecule has 8 heteroatoms. The van der Waals surface area contributed by atoms with Gasteiger partial charge in [0.15, 0.2) is 0 Å². The zero-order valence-corrected chi connectivity index (χ0v) is 15.4. The second-order valence-electron chi connectivity index (χ2n) is 6.65. The quantitative estimate of drug-likeness (QED) is 0.801. The zero-order chi connectivity index (χ0) is 17.3. The van der Waals surface area contributed by atoms with Crippen molar-refractivity contribution in [3.8, 4) is 0 Å². The lowest BCUT2D eigenvalue weighted by Gasteiger charge is -2.30. The van der Waals surface area contributed by atoms with Crippen LogP contribution in [0.2, 0.25) is 0 Å². The van der Waals surface area contributed by atoms with Gasteiger partial charge in [0.2, 0.25) is 0 Å². The van der Waals surface area contributed by atoms with Gasteiger partial charge >= 0.3 is 0 Å². The molecule has 2 aliphatic heterocycles. The van der Waals surface area contributed by atoms with Crippen LogP contribution in [0.5, 0.6) is 0 Å². The molecule has 2 saturated heterocycles. The fraction of sp³-hybridized carbons (Fsp3) is 0.688. The van der Waals surface area contributed by atoms with Gasteiger partial charge in [-0.3, -0.25) is 4.98 Å². The van der Waals surface area contributed by atoms with E-state index in [-0.39, 0.29) is 5.92 Å². The Morgan fingerprint density at radius 3 is 2.54 bits per heavy atom. The highest BCUT2D eigenvalue weighted by molar-refractivity contribution is 7.86. The molecule has 0 amide bonds. The average molecular weight is 354 g/mol. The van der Waals surface area contributed by atoms with Crippen molar-refractivity contribution in [2.24, 2.45) is 0 Å². The molecule has 0 spiro atoms. The number of aryl methyl sites for hydroxylation is 1. The molecule has 24 heavy (non-hydrogen) atoms. The van der Waals surface area contributed by atoms with E-state index in [1.54, 1.807) is 4.31 Å². The van der Waals surface area contributed by atoms with E-state index < -0.39 is 10.2 Å². The van der Waals surface area contributed by atoms with Gasteiger partial charge in [0.05, 0.1) is 13.2 Å². The summed E-state index contributed by atoms with van der Waals surface area (Å²) in [5.74, 6) is 0.152. The van der Waals surface area contributed by atoms with Crippen LogP contribution in [0.1, 0.15) is 23.7 Å². The molecule has 3 rings (SSSR count). The number of pyridine rings is 1. The second kappa shape index (κ2) is 6.95. The maximum atomic E-state index is 12.8. The van der Waals surface area contributed by atoms with Crippen molar-refractivity contribution in [2.45, 2.75) is 19.3 Å². The van der Waals surface area contributed by atoms with Gasteiger partial charge in [0.25, 0.3) is 10.2 Å². The highest BCUT2D eigenvalue weighted by Gasteiger charge is 2.37. The minimum Gasteiger partial charge on any atom is -0.379 e. The normalized spacial score (nSPS) is 23.5. The van der Waals surface area contributed by atoms with E-state index in [0.29, 0.717) is 39.4 Å². The molecule has 0 aromatic carbocycles. The summed E-state index contributed by atoms with van der Waals surface area (Å²) < 4.78 is 33.9. The Kier molecular flexibility index (Phi) is 5.10. The number of hydrogen-bond acceptors (Lipinski definition) is 5. The van der Waals surface area contributed by atoms with Gasteiger partial charge in [-0.15, -0.1) is 0 Å². The van der Waals surface area contributed by atoms with Crippen molar-refractivity contribution < 1.29 is 13.2 Å². The van der Waals surface area contributed by atoms with Gasteiger partial charge in [-0.2, -0.15) is 17.0 Å². The summed E-state index contributed by atoms with van der Waals surface area (Å²) in [4.78, 5) is 6.70. The predicted molar refractivity (Wildman–Crippen MR) is 93.5 cm³/mol. The van der Waals surface area contributed by atoms with Crippen LogP contribution in [0.25, 0.3) is 0 Å². The molecule has 0 unspecified atom stereocenters. The summed E-state index contributed by atoms with van der Waals surface area (Å²) in [6.07, 6.45) is 0.812. The first kappa shape index (κ1) is 17.6. The Balaban J connectivity index is 1.75. The molecule has 1 aromatic rings. The summed E-state index contributed by atoms with van der Waals surface area (Å²) in [6.45, 7) is 4.87.